The third-order valence-electron chi connectivity index (χ3n) is 8.01. The summed E-state index contributed by atoms with van der Waals surface area (Å²) in [5, 5.41) is 30.3. The summed E-state index contributed by atoms with van der Waals surface area (Å²) in [7, 11) is 0. The molecule has 0 aliphatic heterocycles. The molecule has 0 heterocycles. The van der Waals surface area contributed by atoms with E-state index in [0.717, 1.165) is 18.3 Å². The summed E-state index contributed by atoms with van der Waals surface area (Å²) in [4.78, 5) is 0. The number of aliphatic hydroxyl groups excluding tert-OH is 1. The van der Waals surface area contributed by atoms with Crippen molar-refractivity contribution in [1.29, 1.82) is 0 Å². The lowest BCUT2D eigenvalue weighted by molar-refractivity contribution is -0.248. The Morgan fingerprint density at radius 3 is 2.64 bits per heavy atom. The molecule has 0 saturated heterocycles. The van der Waals surface area contributed by atoms with E-state index in [4.69, 9.17) is 0 Å². The lowest BCUT2D eigenvalue weighted by Gasteiger charge is -2.58. The van der Waals surface area contributed by atoms with E-state index in [2.05, 4.69) is 19.9 Å². The van der Waals surface area contributed by atoms with Crippen LogP contribution in [0, 0.1) is 28.6 Å². The summed E-state index contributed by atoms with van der Waals surface area (Å²) >= 11 is 0. The molecule has 3 nitrogen and oxygen atoms in total. The molecule has 0 bridgehead atoms. The Morgan fingerprint density at radius 2 is 1.86 bits per heavy atom. The molecule has 0 aromatic carbocycles. The SMILES string of the molecule is C[C@@]12CCC[C@H]1[C@@H]1CC=C3CC(O)(O)C(O)C[C@]3(C)[C@H]1CC2. The second kappa shape index (κ2) is 4.58. The molecule has 4 aliphatic carbocycles. The molecule has 3 N–H and O–H groups in total. The first kappa shape index (κ1) is 15.2. The fraction of sp³-hybridized carbons (Fsp3) is 0.895. The van der Waals surface area contributed by atoms with E-state index in [1.165, 1.54) is 37.7 Å². The van der Waals surface area contributed by atoms with Crippen LogP contribution in [0.1, 0.15) is 65.2 Å². The Labute approximate surface area is 133 Å². The Bertz CT molecular complexity index is 511. The maximum atomic E-state index is 10.2. The summed E-state index contributed by atoms with van der Waals surface area (Å²) < 4.78 is 0. The molecular formula is C19H30O3. The molecule has 4 rings (SSSR count). The predicted molar refractivity (Wildman–Crippen MR) is 84.9 cm³/mol. The normalized spacial score (nSPS) is 53.2. The van der Waals surface area contributed by atoms with Gasteiger partial charge in [0.05, 0.1) is 0 Å². The molecule has 6 atom stereocenters. The van der Waals surface area contributed by atoms with Gasteiger partial charge in [-0.1, -0.05) is 31.9 Å². The second-order valence-corrected chi connectivity index (χ2v) is 9.12. The summed E-state index contributed by atoms with van der Waals surface area (Å²) in [6.07, 6.45) is 9.74. The van der Waals surface area contributed by atoms with Crippen molar-refractivity contribution in [2.75, 3.05) is 0 Å². The molecular weight excluding hydrogens is 276 g/mol. The Balaban J connectivity index is 1.69. The smallest absolute Gasteiger partial charge is 0.193 e. The quantitative estimate of drug-likeness (QED) is 0.476. The zero-order valence-electron chi connectivity index (χ0n) is 13.9. The first-order chi connectivity index (χ1) is 10.3. The van der Waals surface area contributed by atoms with Gasteiger partial charge in [-0.05, 0) is 67.1 Å². The van der Waals surface area contributed by atoms with Gasteiger partial charge in [0.2, 0.25) is 0 Å². The van der Waals surface area contributed by atoms with Crippen molar-refractivity contribution >= 4 is 0 Å². The summed E-state index contributed by atoms with van der Waals surface area (Å²) in [6, 6.07) is 0. The molecule has 3 fully saturated rings. The average molecular weight is 306 g/mol. The van der Waals surface area contributed by atoms with Crippen LogP contribution in [0.25, 0.3) is 0 Å². The first-order valence-corrected chi connectivity index (χ1v) is 9.09. The van der Waals surface area contributed by atoms with Gasteiger partial charge in [-0.3, -0.25) is 0 Å². The van der Waals surface area contributed by atoms with Crippen LogP contribution in [0.4, 0.5) is 0 Å². The zero-order chi connectivity index (χ0) is 15.8. The molecule has 0 radical (unpaired) electrons. The van der Waals surface area contributed by atoms with Gasteiger partial charge >= 0.3 is 0 Å². The number of rotatable bonds is 0. The van der Waals surface area contributed by atoms with Crippen molar-refractivity contribution in [2.45, 2.75) is 77.1 Å². The van der Waals surface area contributed by atoms with E-state index < -0.39 is 11.9 Å². The van der Waals surface area contributed by atoms with Crippen LogP contribution in [0.5, 0.6) is 0 Å². The monoisotopic (exact) mass is 306 g/mol. The highest BCUT2D eigenvalue weighted by atomic mass is 16.5. The van der Waals surface area contributed by atoms with E-state index in [1.54, 1.807) is 0 Å². The highest BCUT2D eigenvalue weighted by Gasteiger charge is 2.58. The van der Waals surface area contributed by atoms with Gasteiger partial charge in [-0.25, -0.2) is 0 Å². The summed E-state index contributed by atoms with van der Waals surface area (Å²) in [6.45, 7) is 4.76. The third kappa shape index (κ3) is 1.91. The summed E-state index contributed by atoms with van der Waals surface area (Å²) in [5.74, 6) is 0.226. The van der Waals surface area contributed by atoms with E-state index in [9.17, 15) is 15.3 Å². The minimum Gasteiger partial charge on any atom is -0.387 e. The molecule has 0 spiro atoms. The molecule has 3 saturated carbocycles. The second-order valence-electron chi connectivity index (χ2n) is 9.12. The molecule has 124 valence electrons. The van der Waals surface area contributed by atoms with Crippen LogP contribution in [-0.2, 0) is 0 Å². The maximum Gasteiger partial charge on any atom is 0.193 e. The minimum atomic E-state index is -1.94. The van der Waals surface area contributed by atoms with E-state index >= 15 is 0 Å². The van der Waals surface area contributed by atoms with Crippen LogP contribution in [0.15, 0.2) is 11.6 Å². The number of aliphatic hydroxyl groups is 3. The number of fused-ring (bicyclic) bond motifs is 5. The lowest BCUT2D eigenvalue weighted by atomic mass is 9.47. The molecule has 1 unspecified atom stereocenters. The number of allylic oxidation sites excluding steroid dienone is 1. The van der Waals surface area contributed by atoms with Crippen LogP contribution >= 0.6 is 0 Å². The fourth-order valence-corrected chi connectivity index (χ4v) is 6.67. The van der Waals surface area contributed by atoms with Gasteiger partial charge in [-0.15, -0.1) is 0 Å². The van der Waals surface area contributed by atoms with Crippen molar-refractivity contribution in [3.05, 3.63) is 11.6 Å². The molecule has 0 aromatic rings. The van der Waals surface area contributed by atoms with Crippen LogP contribution in [0.2, 0.25) is 0 Å². The molecule has 0 aromatic heterocycles. The molecule has 3 heteroatoms. The van der Waals surface area contributed by atoms with Crippen LogP contribution < -0.4 is 0 Å². The van der Waals surface area contributed by atoms with Crippen LogP contribution in [0.3, 0.4) is 0 Å². The van der Waals surface area contributed by atoms with Gasteiger partial charge < -0.3 is 15.3 Å². The number of hydrogen-bond acceptors (Lipinski definition) is 3. The topological polar surface area (TPSA) is 60.7 Å². The molecule has 4 aliphatic rings. The average Bonchev–Trinajstić information content (AvgIpc) is 2.82. The molecule has 22 heavy (non-hydrogen) atoms. The Hall–Kier alpha value is -0.380. The number of hydrogen-bond donors (Lipinski definition) is 3. The Kier molecular flexibility index (Phi) is 3.16. The third-order valence-corrected chi connectivity index (χ3v) is 8.01. The van der Waals surface area contributed by atoms with Crippen molar-refractivity contribution in [1.82, 2.24) is 0 Å². The maximum absolute atomic E-state index is 10.2. The van der Waals surface area contributed by atoms with Crippen LogP contribution in [-0.4, -0.2) is 27.2 Å². The van der Waals surface area contributed by atoms with E-state index in [0.29, 0.717) is 17.8 Å². The van der Waals surface area contributed by atoms with Crippen molar-refractivity contribution < 1.29 is 15.3 Å². The van der Waals surface area contributed by atoms with Gasteiger partial charge in [0.1, 0.15) is 6.10 Å². The van der Waals surface area contributed by atoms with Crippen molar-refractivity contribution in [3.8, 4) is 0 Å². The van der Waals surface area contributed by atoms with Gasteiger partial charge in [-0.2, -0.15) is 0 Å². The zero-order valence-corrected chi connectivity index (χ0v) is 13.9. The minimum absolute atomic E-state index is 0.0405. The van der Waals surface area contributed by atoms with Gasteiger partial charge in [0, 0.05) is 6.42 Å². The van der Waals surface area contributed by atoms with Crippen molar-refractivity contribution in [3.63, 3.8) is 0 Å². The predicted octanol–water partition coefficient (Wildman–Crippen LogP) is 2.99. The summed E-state index contributed by atoms with van der Waals surface area (Å²) in [5.41, 5.74) is 1.68. The van der Waals surface area contributed by atoms with Gasteiger partial charge in [0.25, 0.3) is 0 Å². The van der Waals surface area contributed by atoms with E-state index in [-0.39, 0.29) is 11.8 Å². The van der Waals surface area contributed by atoms with E-state index in [1.807, 2.05) is 0 Å². The highest BCUT2D eigenvalue weighted by molar-refractivity contribution is 5.27. The molecule has 0 amide bonds. The van der Waals surface area contributed by atoms with Gasteiger partial charge in [0.15, 0.2) is 5.79 Å². The first-order valence-electron chi connectivity index (χ1n) is 9.09. The fourth-order valence-electron chi connectivity index (χ4n) is 6.67. The van der Waals surface area contributed by atoms with Crippen molar-refractivity contribution in [2.24, 2.45) is 28.6 Å². The largest absolute Gasteiger partial charge is 0.387 e. The highest BCUT2D eigenvalue weighted by Crippen LogP contribution is 2.65. The lowest BCUT2D eigenvalue weighted by Crippen LogP contribution is -2.56. The Morgan fingerprint density at radius 1 is 1.09 bits per heavy atom. The standard InChI is InChI=1S/C19H30O3/c1-17-8-3-4-14(17)13-6-5-12-10-19(21,22)16(20)11-18(12,2)15(13)7-9-17/h5,13-16,20-22H,3-4,6-11H2,1-2H3/t13-,14-,15-,16?,17-,18-/m0/s1.